The summed E-state index contributed by atoms with van der Waals surface area (Å²) >= 11 is 1.75. The third-order valence-corrected chi connectivity index (χ3v) is 3.44. The summed E-state index contributed by atoms with van der Waals surface area (Å²) in [7, 11) is 0. The summed E-state index contributed by atoms with van der Waals surface area (Å²) in [6.45, 7) is 2.82. The quantitative estimate of drug-likeness (QED) is 0.745. The molecule has 0 amide bonds. The van der Waals surface area contributed by atoms with Gasteiger partial charge in [-0.05, 0) is 30.9 Å². The molecule has 1 aromatic rings. The zero-order valence-corrected chi connectivity index (χ0v) is 9.77. The highest BCUT2D eigenvalue weighted by Gasteiger charge is 2.30. The Bertz CT molecular complexity index is 385. The van der Waals surface area contributed by atoms with Crippen molar-refractivity contribution >= 4 is 17.7 Å². The highest BCUT2D eigenvalue weighted by Crippen LogP contribution is 2.26. The van der Waals surface area contributed by atoms with E-state index in [2.05, 4.69) is 47.8 Å². The van der Waals surface area contributed by atoms with Crippen molar-refractivity contribution in [3.05, 3.63) is 29.8 Å². The van der Waals surface area contributed by atoms with Gasteiger partial charge in [-0.1, -0.05) is 12.1 Å². The Balaban J connectivity index is 2.23. The van der Waals surface area contributed by atoms with E-state index in [-0.39, 0.29) is 5.54 Å². The second kappa shape index (κ2) is 3.77. The number of rotatable bonds is 2. The lowest BCUT2D eigenvalue weighted by atomic mass is 9.93. The molecule has 1 aliphatic rings. The van der Waals surface area contributed by atoms with Gasteiger partial charge in [0.05, 0.1) is 12.1 Å². The third kappa shape index (κ3) is 1.95. The van der Waals surface area contributed by atoms with E-state index in [0.717, 1.165) is 0 Å². The predicted molar refractivity (Wildman–Crippen MR) is 65.2 cm³/mol. The molecule has 0 radical (unpaired) electrons. The normalized spacial score (nSPS) is 24.8. The number of hydrogen-bond donors (Lipinski definition) is 2. The topological polar surface area (TPSA) is 50.4 Å². The van der Waals surface area contributed by atoms with Crippen LogP contribution in [0.25, 0.3) is 0 Å². The maximum atomic E-state index is 5.64. The summed E-state index contributed by atoms with van der Waals surface area (Å²) in [5.41, 5.74) is 6.73. The van der Waals surface area contributed by atoms with Gasteiger partial charge in [0, 0.05) is 4.90 Å². The zero-order chi connectivity index (χ0) is 10.9. The first kappa shape index (κ1) is 10.4. The summed E-state index contributed by atoms with van der Waals surface area (Å²) in [5, 5.41) is 3.20. The van der Waals surface area contributed by atoms with Crippen LogP contribution in [0.4, 0.5) is 0 Å². The van der Waals surface area contributed by atoms with Crippen LogP contribution < -0.4 is 11.1 Å². The monoisotopic (exact) mass is 221 g/mol. The Morgan fingerprint density at radius 3 is 2.53 bits per heavy atom. The van der Waals surface area contributed by atoms with Crippen molar-refractivity contribution in [3.63, 3.8) is 0 Å². The summed E-state index contributed by atoms with van der Waals surface area (Å²) in [6.07, 6.45) is 2.08. The average Bonchev–Trinajstić information content (AvgIpc) is 2.60. The lowest BCUT2D eigenvalue weighted by molar-refractivity contribution is 0.479. The number of nitrogens with one attached hydrogen (secondary N) is 1. The lowest BCUT2D eigenvalue weighted by Gasteiger charge is -2.24. The molecule has 0 spiro atoms. The van der Waals surface area contributed by atoms with E-state index < -0.39 is 0 Å². The number of guanidine groups is 1. The molecule has 4 heteroatoms. The standard InChI is InChI=1S/C11H15N3S/c1-11(7-13-10(12)14-11)8-3-5-9(15-2)6-4-8/h3-6H,7H2,1-2H3,(H3,12,13,14). The van der Waals surface area contributed by atoms with Crippen molar-refractivity contribution in [3.8, 4) is 0 Å². The van der Waals surface area contributed by atoms with Crippen molar-refractivity contribution in [2.45, 2.75) is 17.4 Å². The molecule has 1 heterocycles. The molecule has 3 N–H and O–H groups in total. The molecule has 0 saturated carbocycles. The predicted octanol–water partition coefficient (Wildman–Crippen LogP) is 1.54. The first-order valence-corrected chi connectivity index (χ1v) is 6.09. The van der Waals surface area contributed by atoms with Gasteiger partial charge in [0.15, 0.2) is 5.96 Å². The number of nitrogens with two attached hydrogens (primary N) is 1. The van der Waals surface area contributed by atoms with Gasteiger partial charge in [0.2, 0.25) is 0 Å². The Labute approximate surface area is 94.2 Å². The SMILES string of the molecule is CSc1ccc(C2(C)CN=C(N)N2)cc1. The van der Waals surface area contributed by atoms with E-state index in [4.69, 9.17) is 5.73 Å². The van der Waals surface area contributed by atoms with Crippen LogP contribution in [0.1, 0.15) is 12.5 Å². The lowest BCUT2D eigenvalue weighted by Crippen LogP contribution is -2.42. The van der Waals surface area contributed by atoms with E-state index in [9.17, 15) is 0 Å². The van der Waals surface area contributed by atoms with Crippen LogP contribution >= 0.6 is 11.8 Å². The zero-order valence-electron chi connectivity index (χ0n) is 8.95. The van der Waals surface area contributed by atoms with Crippen LogP contribution in [-0.4, -0.2) is 18.8 Å². The Hall–Kier alpha value is -1.16. The second-order valence-corrected chi connectivity index (χ2v) is 4.77. The average molecular weight is 221 g/mol. The summed E-state index contributed by atoms with van der Waals surface area (Å²) in [6, 6.07) is 8.52. The van der Waals surface area contributed by atoms with Crippen LogP contribution in [0.5, 0.6) is 0 Å². The third-order valence-electron chi connectivity index (χ3n) is 2.70. The molecule has 1 unspecified atom stereocenters. The molecule has 1 aliphatic heterocycles. The summed E-state index contributed by atoms with van der Waals surface area (Å²) in [5.74, 6) is 0.534. The smallest absolute Gasteiger partial charge is 0.189 e. The maximum absolute atomic E-state index is 5.64. The van der Waals surface area contributed by atoms with Gasteiger partial charge in [0.25, 0.3) is 0 Å². The van der Waals surface area contributed by atoms with E-state index in [0.29, 0.717) is 12.5 Å². The molecule has 15 heavy (non-hydrogen) atoms. The summed E-state index contributed by atoms with van der Waals surface area (Å²) in [4.78, 5) is 5.46. The van der Waals surface area contributed by atoms with Gasteiger partial charge in [0.1, 0.15) is 0 Å². The molecule has 80 valence electrons. The fourth-order valence-electron chi connectivity index (χ4n) is 1.73. The van der Waals surface area contributed by atoms with Crippen LogP contribution in [0.2, 0.25) is 0 Å². The van der Waals surface area contributed by atoms with E-state index in [1.165, 1.54) is 10.5 Å². The molecule has 0 bridgehead atoms. The summed E-state index contributed by atoms with van der Waals surface area (Å²) < 4.78 is 0. The fourth-order valence-corrected chi connectivity index (χ4v) is 2.14. The van der Waals surface area contributed by atoms with Crippen molar-refractivity contribution in [1.29, 1.82) is 0 Å². The Morgan fingerprint density at radius 2 is 2.07 bits per heavy atom. The molecule has 1 aromatic carbocycles. The number of nitrogens with zero attached hydrogens (tertiary/aromatic N) is 1. The van der Waals surface area contributed by atoms with Crippen LogP contribution in [0, 0.1) is 0 Å². The van der Waals surface area contributed by atoms with E-state index in [1.54, 1.807) is 11.8 Å². The Kier molecular flexibility index (Phi) is 2.61. The second-order valence-electron chi connectivity index (χ2n) is 3.89. The van der Waals surface area contributed by atoms with Gasteiger partial charge in [-0.25, -0.2) is 0 Å². The largest absolute Gasteiger partial charge is 0.370 e. The molecule has 0 fully saturated rings. The maximum Gasteiger partial charge on any atom is 0.189 e. The first-order chi connectivity index (χ1) is 7.14. The minimum absolute atomic E-state index is 0.138. The highest BCUT2D eigenvalue weighted by molar-refractivity contribution is 7.98. The van der Waals surface area contributed by atoms with Gasteiger partial charge in [-0.2, -0.15) is 0 Å². The van der Waals surface area contributed by atoms with Crippen LogP contribution in [0.3, 0.4) is 0 Å². The number of hydrogen-bond acceptors (Lipinski definition) is 4. The number of benzene rings is 1. The van der Waals surface area contributed by atoms with Gasteiger partial charge in [-0.15, -0.1) is 11.8 Å². The van der Waals surface area contributed by atoms with E-state index in [1.807, 2.05) is 0 Å². The fraction of sp³-hybridized carbons (Fsp3) is 0.364. The van der Waals surface area contributed by atoms with E-state index >= 15 is 0 Å². The van der Waals surface area contributed by atoms with Crippen LogP contribution in [0.15, 0.2) is 34.2 Å². The van der Waals surface area contributed by atoms with Gasteiger partial charge < -0.3 is 11.1 Å². The molecule has 0 saturated heterocycles. The van der Waals surface area contributed by atoms with Crippen LogP contribution in [-0.2, 0) is 5.54 Å². The van der Waals surface area contributed by atoms with Crippen molar-refractivity contribution in [2.75, 3.05) is 12.8 Å². The molecule has 1 atom stereocenters. The van der Waals surface area contributed by atoms with Gasteiger partial charge in [-0.3, -0.25) is 4.99 Å². The molecular weight excluding hydrogens is 206 g/mol. The van der Waals surface area contributed by atoms with Gasteiger partial charge >= 0.3 is 0 Å². The molecular formula is C11H15N3S. The molecule has 3 nitrogen and oxygen atoms in total. The molecule has 0 aliphatic carbocycles. The van der Waals surface area contributed by atoms with Crippen molar-refractivity contribution in [1.82, 2.24) is 5.32 Å². The van der Waals surface area contributed by atoms with Crippen molar-refractivity contribution in [2.24, 2.45) is 10.7 Å². The molecule has 0 aromatic heterocycles. The number of aliphatic imine (C=N–C) groups is 1. The number of thioether (sulfide) groups is 1. The highest BCUT2D eigenvalue weighted by atomic mass is 32.2. The van der Waals surface area contributed by atoms with Crippen molar-refractivity contribution < 1.29 is 0 Å². The Morgan fingerprint density at radius 1 is 1.40 bits per heavy atom. The first-order valence-electron chi connectivity index (χ1n) is 4.87. The molecule has 2 rings (SSSR count). The minimum atomic E-state index is -0.138. The minimum Gasteiger partial charge on any atom is -0.370 e.